The largest absolute Gasteiger partial charge is 0.492 e. The molecule has 1 aromatic carbocycles. The first-order valence-corrected chi connectivity index (χ1v) is 8.25. The van der Waals surface area contributed by atoms with Crippen molar-refractivity contribution in [2.75, 3.05) is 26.2 Å². The van der Waals surface area contributed by atoms with E-state index in [0.717, 1.165) is 29.7 Å². The molecular weight excluding hydrogens is 270 g/mol. The molecule has 112 valence electrons. The molecule has 0 aromatic heterocycles. The zero-order valence-electron chi connectivity index (χ0n) is 12.8. The van der Waals surface area contributed by atoms with Crippen LogP contribution in [0.25, 0.3) is 0 Å². The van der Waals surface area contributed by atoms with Gasteiger partial charge in [-0.1, -0.05) is 24.6 Å². The van der Waals surface area contributed by atoms with E-state index in [2.05, 4.69) is 6.92 Å². The predicted molar refractivity (Wildman–Crippen MR) is 84.9 cm³/mol. The zero-order valence-corrected chi connectivity index (χ0v) is 13.5. The maximum absolute atomic E-state index is 6.15. The quantitative estimate of drug-likeness (QED) is 0.796. The van der Waals surface area contributed by atoms with Gasteiger partial charge in [-0.25, -0.2) is 0 Å². The summed E-state index contributed by atoms with van der Waals surface area (Å²) in [6, 6.07) is 5.96. The van der Waals surface area contributed by atoms with Crippen LogP contribution in [0, 0.1) is 12.8 Å². The molecular formula is C17H27ClNO+. The van der Waals surface area contributed by atoms with Crippen LogP contribution in [0.15, 0.2) is 18.2 Å². The Balaban J connectivity index is 1.61. The van der Waals surface area contributed by atoms with Crippen molar-refractivity contribution in [2.24, 2.45) is 5.92 Å². The maximum Gasteiger partial charge on any atom is 0.137 e. The van der Waals surface area contributed by atoms with Gasteiger partial charge in [-0.3, -0.25) is 0 Å². The Morgan fingerprint density at radius 2 is 2.20 bits per heavy atom. The number of quaternary nitrogens is 1. The van der Waals surface area contributed by atoms with Crippen molar-refractivity contribution in [2.45, 2.75) is 39.5 Å². The van der Waals surface area contributed by atoms with Crippen LogP contribution in [-0.2, 0) is 0 Å². The van der Waals surface area contributed by atoms with Crippen molar-refractivity contribution >= 4 is 11.6 Å². The first-order valence-electron chi connectivity index (χ1n) is 7.87. The van der Waals surface area contributed by atoms with E-state index in [-0.39, 0.29) is 0 Å². The van der Waals surface area contributed by atoms with Gasteiger partial charge in [-0.05, 0) is 50.3 Å². The first kappa shape index (κ1) is 15.7. The highest BCUT2D eigenvalue weighted by atomic mass is 35.5. The van der Waals surface area contributed by atoms with Gasteiger partial charge in [0.2, 0.25) is 0 Å². The molecule has 1 aliphatic rings. The molecule has 1 saturated heterocycles. The average molecular weight is 297 g/mol. The van der Waals surface area contributed by atoms with Crippen molar-refractivity contribution in [1.82, 2.24) is 0 Å². The Hall–Kier alpha value is -0.730. The summed E-state index contributed by atoms with van der Waals surface area (Å²) < 4.78 is 5.76. The van der Waals surface area contributed by atoms with E-state index in [0.29, 0.717) is 0 Å². The molecule has 0 spiro atoms. The number of aryl methyl sites for hydroxylation is 1. The van der Waals surface area contributed by atoms with Crippen molar-refractivity contribution < 1.29 is 9.64 Å². The van der Waals surface area contributed by atoms with Crippen LogP contribution in [0.1, 0.15) is 38.2 Å². The molecule has 1 aromatic rings. The molecule has 1 heterocycles. The van der Waals surface area contributed by atoms with Crippen LogP contribution in [0.3, 0.4) is 0 Å². The molecule has 0 bridgehead atoms. The van der Waals surface area contributed by atoms with Crippen LogP contribution < -0.4 is 9.64 Å². The number of rotatable bonds is 6. The van der Waals surface area contributed by atoms with E-state index in [1.807, 2.05) is 25.1 Å². The molecule has 0 aliphatic carbocycles. The molecule has 0 saturated carbocycles. The Labute approximate surface area is 128 Å². The highest BCUT2D eigenvalue weighted by molar-refractivity contribution is 6.32. The summed E-state index contributed by atoms with van der Waals surface area (Å²) in [4.78, 5) is 1.78. The molecule has 1 N–H and O–H groups in total. The Morgan fingerprint density at radius 1 is 1.35 bits per heavy atom. The number of hydrogen-bond acceptors (Lipinski definition) is 1. The number of benzene rings is 1. The summed E-state index contributed by atoms with van der Waals surface area (Å²) in [5.41, 5.74) is 1.17. The molecule has 2 rings (SSSR count). The number of hydrogen-bond donors (Lipinski definition) is 1. The molecule has 2 nitrogen and oxygen atoms in total. The third-order valence-electron chi connectivity index (χ3n) is 4.13. The van der Waals surface area contributed by atoms with Crippen molar-refractivity contribution in [3.63, 3.8) is 0 Å². The highest BCUT2D eigenvalue weighted by Gasteiger charge is 2.18. The first-order chi connectivity index (χ1) is 9.65. The highest BCUT2D eigenvalue weighted by Crippen LogP contribution is 2.25. The number of likely N-dealkylation sites (tertiary alicyclic amines) is 1. The van der Waals surface area contributed by atoms with Crippen LogP contribution in [0.4, 0.5) is 0 Å². The smallest absolute Gasteiger partial charge is 0.137 e. The van der Waals surface area contributed by atoms with E-state index < -0.39 is 0 Å². The molecule has 0 amide bonds. The summed E-state index contributed by atoms with van der Waals surface area (Å²) in [7, 11) is 0. The standard InChI is InChI=1S/C17H26ClNO/c1-14-7-8-17(16(18)12-14)20-11-4-3-9-19-10-5-6-15(2)13-19/h7-8,12,15H,3-6,9-11,13H2,1-2H3/p+1/t15-/m1/s1. The maximum atomic E-state index is 6.15. The fraction of sp³-hybridized carbons (Fsp3) is 0.647. The van der Waals surface area contributed by atoms with E-state index in [1.165, 1.54) is 44.5 Å². The number of piperidine rings is 1. The molecule has 0 radical (unpaired) electrons. The number of ether oxygens (including phenoxy) is 1. The van der Waals surface area contributed by atoms with Crippen LogP contribution in [0.2, 0.25) is 5.02 Å². The topological polar surface area (TPSA) is 13.7 Å². The van der Waals surface area contributed by atoms with Crippen molar-refractivity contribution in [3.05, 3.63) is 28.8 Å². The monoisotopic (exact) mass is 296 g/mol. The van der Waals surface area contributed by atoms with Gasteiger partial charge in [0, 0.05) is 5.92 Å². The van der Waals surface area contributed by atoms with Crippen LogP contribution in [-0.4, -0.2) is 26.2 Å². The van der Waals surface area contributed by atoms with Gasteiger partial charge in [-0.2, -0.15) is 0 Å². The average Bonchev–Trinajstić information content (AvgIpc) is 2.41. The lowest BCUT2D eigenvalue weighted by Crippen LogP contribution is -3.13. The third kappa shape index (κ3) is 4.99. The van der Waals surface area contributed by atoms with Gasteiger partial charge in [-0.15, -0.1) is 0 Å². The Bertz CT molecular complexity index is 421. The van der Waals surface area contributed by atoms with E-state index in [9.17, 15) is 0 Å². The minimum atomic E-state index is 0.723. The van der Waals surface area contributed by atoms with Gasteiger partial charge in [0.05, 0.1) is 31.3 Å². The second kappa shape index (κ2) is 7.90. The molecule has 3 heteroatoms. The summed E-state index contributed by atoms with van der Waals surface area (Å²) >= 11 is 6.15. The van der Waals surface area contributed by atoms with E-state index in [1.54, 1.807) is 4.90 Å². The van der Waals surface area contributed by atoms with Gasteiger partial charge in [0.1, 0.15) is 5.75 Å². The lowest BCUT2D eigenvalue weighted by molar-refractivity contribution is -0.908. The summed E-state index contributed by atoms with van der Waals surface area (Å²) in [5.74, 6) is 1.72. The fourth-order valence-corrected chi connectivity index (χ4v) is 3.30. The van der Waals surface area contributed by atoms with Gasteiger partial charge < -0.3 is 9.64 Å². The Kier molecular flexibility index (Phi) is 6.18. The third-order valence-corrected chi connectivity index (χ3v) is 4.43. The Morgan fingerprint density at radius 3 is 2.95 bits per heavy atom. The summed E-state index contributed by atoms with van der Waals surface area (Å²) in [6.45, 7) is 9.18. The number of unbranched alkanes of at least 4 members (excludes halogenated alkanes) is 1. The molecule has 20 heavy (non-hydrogen) atoms. The second-order valence-corrected chi connectivity index (χ2v) is 6.60. The van der Waals surface area contributed by atoms with Crippen molar-refractivity contribution in [3.8, 4) is 5.75 Å². The minimum absolute atomic E-state index is 0.723. The van der Waals surface area contributed by atoms with Crippen molar-refractivity contribution in [1.29, 1.82) is 0 Å². The molecule has 1 aliphatic heterocycles. The number of nitrogens with one attached hydrogen (secondary N) is 1. The van der Waals surface area contributed by atoms with E-state index >= 15 is 0 Å². The SMILES string of the molecule is Cc1ccc(OCCCC[NH+]2CCC[C@@H](C)C2)c(Cl)c1. The summed E-state index contributed by atoms with van der Waals surface area (Å²) in [5, 5.41) is 0.723. The van der Waals surface area contributed by atoms with Crippen LogP contribution in [0.5, 0.6) is 5.75 Å². The van der Waals surface area contributed by atoms with Crippen LogP contribution >= 0.6 is 11.6 Å². The molecule has 1 unspecified atom stereocenters. The van der Waals surface area contributed by atoms with Gasteiger partial charge in [0.15, 0.2) is 0 Å². The summed E-state index contributed by atoms with van der Waals surface area (Å²) in [6.07, 6.45) is 5.16. The van der Waals surface area contributed by atoms with E-state index in [4.69, 9.17) is 16.3 Å². The minimum Gasteiger partial charge on any atom is -0.492 e. The predicted octanol–water partition coefficient (Wildman–Crippen LogP) is 3.12. The molecule has 1 fully saturated rings. The van der Waals surface area contributed by atoms with Gasteiger partial charge >= 0.3 is 0 Å². The number of halogens is 1. The fourth-order valence-electron chi connectivity index (χ4n) is 3.01. The normalized spacial score (nSPS) is 22.8. The zero-order chi connectivity index (χ0) is 14.4. The lowest BCUT2D eigenvalue weighted by atomic mass is 10.0. The lowest BCUT2D eigenvalue weighted by Gasteiger charge is -2.27. The second-order valence-electron chi connectivity index (χ2n) is 6.19. The van der Waals surface area contributed by atoms with Gasteiger partial charge in [0.25, 0.3) is 0 Å². The molecule has 2 atom stereocenters.